The first-order chi connectivity index (χ1) is 8.81. The van der Waals surface area contributed by atoms with E-state index >= 15 is 0 Å². The zero-order valence-electron chi connectivity index (χ0n) is 10.5. The van der Waals surface area contributed by atoms with Crippen molar-refractivity contribution >= 4 is 17.4 Å². The van der Waals surface area contributed by atoms with Gasteiger partial charge in [-0.1, -0.05) is 67.6 Å². The SMILES string of the molecule is CCC(=O)C(=Cc1ccccc1)c1ccccc1. The van der Waals surface area contributed by atoms with Crippen LogP contribution in [0, 0.1) is 0 Å². The summed E-state index contributed by atoms with van der Waals surface area (Å²) in [6.45, 7) is 1.89. The van der Waals surface area contributed by atoms with Gasteiger partial charge in [0.15, 0.2) is 5.78 Å². The molecule has 0 aliphatic heterocycles. The van der Waals surface area contributed by atoms with E-state index in [2.05, 4.69) is 0 Å². The third kappa shape index (κ3) is 2.95. The van der Waals surface area contributed by atoms with Gasteiger partial charge >= 0.3 is 0 Å². The smallest absolute Gasteiger partial charge is 0.163 e. The topological polar surface area (TPSA) is 17.1 Å². The first kappa shape index (κ1) is 12.3. The maximum Gasteiger partial charge on any atom is 0.163 e. The lowest BCUT2D eigenvalue weighted by Crippen LogP contribution is -1.99. The van der Waals surface area contributed by atoms with Crippen LogP contribution in [0.3, 0.4) is 0 Å². The quantitative estimate of drug-likeness (QED) is 0.574. The second-order valence-electron chi connectivity index (χ2n) is 4.11. The molecule has 2 rings (SSSR count). The summed E-state index contributed by atoms with van der Waals surface area (Å²) >= 11 is 0. The third-order valence-corrected chi connectivity index (χ3v) is 2.82. The van der Waals surface area contributed by atoms with Gasteiger partial charge in [0.05, 0.1) is 0 Å². The minimum atomic E-state index is 0.171. The van der Waals surface area contributed by atoms with E-state index < -0.39 is 0 Å². The molecule has 0 saturated heterocycles. The molecule has 0 heterocycles. The van der Waals surface area contributed by atoms with E-state index in [1.165, 1.54) is 0 Å². The van der Waals surface area contributed by atoms with Crippen LogP contribution in [0.5, 0.6) is 0 Å². The molecule has 0 N–H and O–H groups in total. The van der Waals surface area contributed by atoms with Gasteiger partial charge in [-0.3, -0.25) is 4.79 Å². The van der Waals surface area contributed by atoms with Gasteiger partial charge in [0.25, 0.3) is 0 Å². The van der Waals surface area contributed by atoms with Crippen molar-refractivity contribution in [3.63, 3.8) is 0 Å². The summed E-state index contributed by atoms with van der Waals surface area (Å²) in [5.74, 6) is 0.171. The molecule has 2 aromatic rings. The fourth-order valence-corrected chi connectivity index (χ4v) is 1.85. The minimum Gasteiger partial charge on any atom is -0.294 e. The summed E-state index contributed by atoms with van der Waals surface area (Å²) in [5, 5.41) is 0. The van der Waals surface area contributed by atoms with Crippen molar-refractivity contribution < 1.29 is 4.79 Å². The summed E-state index contributed by atoms with van der Waals surface area (Å²) in [4.78, 5) is 12.0. The number of ketones is 1. The molecule has 0 fully saturated rings. The highest BCUT2D eigenvalue weighted by atomic mass is 16.1. The number of hydrogen-bond donors (Lipinski definition) is 0. The Hall–Kier alpha value is -2.15. The molecular formula is C17H16O. The molecule has 0 aromatic heterocycles. The Bertz CT molecular complexity index is 538. The first-order valence-electron chi connectivity index (χ1n) is 6.16. The molecule has 0 saturated carbocycles. The van der Waals surface area contributed by atoms with Crippen LogP contribution < -0.4 is 0 Å². The van der Waals surface area contributed by atoms with E-state index in [-0.39, 0.29) is 5.78 Å². The molecule has 0 amide bonds. The Balaban J connectivity index is 2.44. The lowest BCUT2D eigenvalue weighted by atomic mass is 9.98. The number of Topliss-reactive ketones (excluding diaryl/α,β-unsaturated/α-hetero) is 1. The predicted molar refractivity (Wildman–Crippen MR) is 76.1 cm³/mol. The van der Waals surface area contributed by atoms with Crippen LogP contribution in [0.15, 0.2) is 60.7 Å². The van der Waals surface area contributed by atoms with Gasteiger partial charge in [0.2, 0.25) is 0 Å². The maximum absolute atomic E-state index is 12.0. The lowest BCUT2D eigenvalue weighted by molar-refractivity contribution is -0.113. The van der Waals surface area contributed by atoms with Crippen molar-refractivity contribution in [2.75, 3.05) is 0 Å². The molecule has 90 valence electrons. The highest BCUT2D eigenvalue weighted by Crippen LogP contribution is 2.20. The van der Waals surface area contributed by atoms with Crippen LogP contribution >= 0.6 is 0 Å². The van der Waals surface area contributed by atoms with E-state index in [0.717, 1.165) is 16.7 Å². The van der Waals surface area contributed by atoms with Crippen LogP contribution in [0.2, 0.25) is 0 Å². The number of allylic oxidation sites excluding steroid dienone is 1. The molecule has 2 aromatic carbocycles. The molecule has 0 radical (unpaired) electrons. The molecule has 0 spiro atoms. The Labute approximate surface area is 108 Å². The zero-order chi connectivity index (χ0) is 12.8. The van der Waals surface area contributed by atoms with Crippen LogP contribution in [0.1, 0.15) is 24.5 Å². The van der Waals surface area contributed by atoms with Crippen molar-refractivity contribution in [1.82, 2.24) is 0 Å². The van der Waals surface area contributed by atoms with Gasteiger partial charge in [-0.15, -0.1) is 0 Å². The predicted octanol–water partition coefficient (Wildman–Crippen LogP) is 4.21. The second kappa shape index (κ2) is 5.97. The van der Waals surface area contributed by atoms with Gasteiger partial charge in [0, 0.05) is 12.0 Å². The van der Waals surface area contributed by atoms with Gasteiger partial charge in [0.1, 0.15) is 0 Å². The molecule has 1 nitrogen and oxygen atoms in total. The van der Waals surface area contributed by atoms with Crippen LogP contribution in [0.4, 0.5) is 0 Å². The van der Waals surface area contributed by atoms with Gasteiger partial charge in [-0.2, -0.15) is 0 Å². The van der Waals surface area contributed by atoms with Crippen molar-refractivity contribution in [3.8, 4) is 0 Å². The van der Waals surface area contributed by atoms with Gasteiger partial charge in [-0.05, 0) is 17.2 Å². The third-order valence-electron chi connectivity index (χ3n) is 2.82. The normalized spacial score (nSPS) is 11.3. The Morgan fingerprint density at radius 1 is 0.944 bits per heavy atom. The largest absolute Gasteiger partial charge is 0.294 e. The van der Waals surface area contributed by atoms with E-state index in [1.807, 2.05) is 73.7 Å². The number of rotatable bonds is 4. The van der Waals surface area contributed by atoms with Crippen LogP contribution in [0.25, 0.3) is 11.6 Å². The second-order valence-corrected chi connectivity index (χ2v) is 4.11. The number of benzene rings is 2. The molecule has 0 aliphatic rings. The van der Waals surface area contributed by atoms with Gasteiger partial charge in [-0.25, -0.2) is 0 Å². The Morgan fingerprint density at radius 2 is 1.50 bits per heavy atom. The molecule has 0 bridgehead atoms. The monoisotopic (exact) mass is 236 g/mol. The Kier molecular flexibility index (Phi) is 4.08. The molecule has 0 atom stereocenters. The van der Waals surface area contributed by atoms with E-state index in [0.29, 0.717) is 6.42 Å². The zero-order valence-corrected chi connectivity index (χ0v) is 10.5. The Morgan fingerprint density at radius 3 is 2.06 bits per heavy atom. The summed E-state index contributed by atoms with van der Waals surface area (Å²) < 4.78 is 0. The fourth-order valence-electron chi connectivity index (χ4n) is 1.85. The number of carbonyl (C=O) groups excluding carboxylic acids is 1. The summed E-state index contributed by atoms with van der Waals surface area (Å²) in [6, 6.07) is 19.8. The molecule has 1 heteroatoms. The van der Waals surface area contributed by atoms with Crippen LogP contribution in [-0.4, -0.2) is 5.78 Å². The summed E-state index contributed by atoms with van der Waals surface area (Å²) in [5.41, 5.74) is 2.82. The molecule has 18 heavy (non-hydrogen) atoms. The average Bonchev–Trinajstić information content (AvgIpc) is 2.46. The van der Waals surface area contributed by atoms with Crippen molar-refractivity contribution in [1.29, 1.82) is 0 Å². The average molecular weight is 236 g/mol. The highest BCUT2D eigenvalue weighted by molar-refractivity contribution is 6.25. The first-order valence-corrected chi connectivity index (χ1v) is 6.16. The number of hydrogen-bond acceptors (Lipinski definition) is 1. The van der Waals surface area contributed by atoms with Crippen molar-refractivity contribution in [2.24, 2.45) is 0 Å². The number of carbonyl (C=O) groups is 1. The summed E-state index contributed by atoms with van der Waals surface area (Å²) in [6.07, 6.45) is 2.48. The van der Waals surface area contributed by atoms with Crippen molar-refractivity contribution in [2.45, 2.75) is 13.3 Å². The van der Waals surface area contributed by atoms with E-state index in [4.69, 9.17) is 0 Å². The molecule has 0 unspecified atom stereocenters. The molecule has 0 aliphatic carbocycles. The van der Waals surface area contributed by atoms with E-state index in [9.17, 15) is 4.79 Å². The maximum atomic E-state index is 12.0. The van der Waals surface area contributed by atoms with Gasteiger partial charge < -0.3 is 0 Å². The molecular weight excluding hydrogens is 220 g/mol. The highest BCUT2D eigenvalue weighted by Gasteiger charge is 2.09. The minimum absolute atomic E-state index is 0.171. The summed E-state index contributed by atoms with van der Waals surface area (Å²) in [7, 11) is 0. The van der Waals surface area contributed by atoms with Crippen molar-refractivity contribution in [3.05, 3.63) is 71.8 Å². The fraction of sp³-hybridized carbons (Fsp3) is 0.118. The standard InChI is InChI=1S/C17H16O/c1-2-17(18)16(15-11-7-4-8-12-15)13-14-9-5-3-6-10-14/h3-13H,2H2,1H3. The lowest BCUT2D eigenvalue weighted by Gasteiger charge is -2.05. The van der Waals surface area contributed by atoms with E-state index in [1.54, 1.807) is 0 Å². The van der Waals surface area contributed by atoms with Crippen LogP contribution in [-0.2, 0) is 4.79 Å².